The fourth-order valence-corrected chi connectivity index (χ4v) is 2.92. The van der Waals surface area contributed by atoms with E-state index in [9.17, 15) is 18.3 Å². The maximum Gasteiger partial charge on any atom is 0.185 e. The van der Waals surface area contributed by atoms with E-state index in [1.165, 1.54) is 30.3 Å². The molecule has 0 fully saturated rings. The zero-order chi connectivity index (χ0) is 15.6. The number of benzene rings is 2. The number of sulfone groups is 1. The van der Waals surface area contributed by atoms with Crippen molar-refractivity contribution in [2.45, 2.75) is 4.90 Å². The van der Waals surface area contributed by atoms with Crippen LogP contribution >= 0.6 is 0 Å². The van der Waals surface area contributed by atoms with Crippen molar-refractivity contribution in [1.29, 1.82) is 0 Å². The molecular formula is C14H12O6S. The fourth-order valence-electron chi connectivity index (χ4n) is 1.69. The van der Waals surface area contributed by atoms with Crippen molar-refractivity contribution in [3.63, 3.8) is 0 Å². The van der Waals surface area contributed by atoms with Gasteiger partial charge < -0.3 is 15.3 Å². The van der Waals surface area contributed by atoms with Crippen molar-refractivity contribution in [2.24, 2.45) is 0 Å². The molecule has 0 spiro atoms. The summed E-state index contributed by atoms with van der Waals surface area (Å²) in [7, 11) is -3.85. The first kappa shape index (κ1) is 14.9. The van der Waals surface area contributed by atoms with E-state index in [1.807, 2.05) is 0 Å². The molecule has 7 heteroatoms. The summed E-state index contributed by atoms with van der Waals surface area (Å²) in [5.74, 6) is -2.46. The molecule has 0 aliphatic rings. The van der Waals surface area contributed by atoms with Crippen LogP contribution in [0.5, 0.6) is 17.2 Å². The van der Waals surface area contributed by atoms with E-state index in [0.717, 1.165) is 12.1 Å². The summed E-state index contributed by atoms with van der Waals surface area (Å²) >= 11 is 0. The summed E-state index contributed by atoms with van der Waals surface area (Å²) in [6, 6.07) is 8.16. The largest absolute Gasteiger partial charge is 0.508 e. The van der Waals surface area contributed by atoms with Gasteiger partial charge in [-0.1, -0.05) is 0 Å². The van der Waals surface area contributed by atoms with Crippen molar-refractivity contribution >= 4 is 15.6 Å². The summed E-state index contributed by atoms with van der Waals surface area (Å²) in [5.41, 5.74) is -0.0207. The summed E-state index contributed by atoms with van der Waals surface area (Å²) in [5, 5.41) is 27.6. The molecule has 2 aromatic rings. The summed E-state index contributed by atoms with van der Waals surface area (Å²) < 4.78 is 24.1. The molecule has 3 N–H and O–H groups in total. The molecule has 21 heavy (non-hydrogen) atoms. The van der Waals surface area contributed by atoms with Crippen molar-refractivity contribution in [2.75, 3.05) is 5.75 Å². The van der Waals surface area contributed by atoms with Gasteiger partial charge in [0.05, 0.1) is 4.90 Å². The molecule has 0 aliphatic heterocycles. The third-order valence-electron chi connectivity index (χ3n) is 2.81. The van der Waals surface area contributed by atoms with Crippen LogP contribution in [0.1, 0.15) is 10.4 Å². The highest BCUT2D eigenvalue weighted by molar-refractivity contribution is 7.92. The lowest BCUT2D eigenvalue weighted by Gasteiger charge is -2.05. The minimum atomic E-state index is -3.85. The van der Waals surface area contributed by atoms with Gasteiger partial charge in [0.15, 0.2) is 27.1 Å². The Hall–Kier alpha value is -2.54. The lowest BCUT2D eigenvalue weighted by Crippen LogP contribution is -2.16. The number of carbonyl (C=O) groups excluding carboxylic acids is 1. The van der Waals surface area contributed by atoms with Crippen LogP contribution in [0.3, 0.4) is 0 Å². The maximum absolute atomic E-state index is 12.1. The van der Waals surface area contributed by atoms with E-state index < -0.39 is 32.9 Å². The van der Waals surface area contributed by atoms with E-state index in [4.69, 9.17) is 10.2 Å². The van der Waals surface area contributed by atoms with Crippen LogP contribution in [0.15, 0.2) is 47.4 Å². The average Bonchev–Trinajstić information content (AvgIpc) is 2.41. The van der Waals surface area contributed by atoms with Crippen molar-refractivity contribution in [3.8, 4) is 17.2 Å². The predicted molar refractivity (Wildman–Crippen MR) is 74.3 cm³/mol. The molecule has 0 bridgehead atoms. The summed E-state index contributed by atoms with van der Waals surface area (Å²) in [6.45, 7) is 0. The number of phenolic OH excluding ortho intramolecular Hbond substituents is 3. The number of aromatic hydroxyl groups is 3. The van der Waals surface area contributed by atoms with Gasteiger partial charge in [-0.25, -0.2) is 8.42 Å². The van der Waals surface area contributed by atoms with Crippen LogP contribution < -0.4 is 0 Å². The molecule has 2 rings (SSSR count). The first-order valence-corrected chi connectivity index (χ1v) is 7.52. The second-order valence-electron chi connectivity index (χ2n) is 4.38. The Labute approximate surface area is 120 Å². The van der Waals surface area contributed by atoms with Gasteiger partial charge >= 0.3 is 0 Å². The molecule has 110 valence electrons. The quantitative estimate of drug-likeness (QED) is 0.582. The first-order valence-electron chi connectivity index (χ1n) is 5.86. The number of hydrogen-bond acceptors (Lipinski definition) is 6. The smallest absolute Gasteiger partial charge is 0.185 e. The van der Waals surface area contributed by atoms with Gasteiger partial charge in [-0.2, -0.15) is 0 Å². The zero-order valence-electron chi connectivity index (χ0n) is 10.7. The summed E-state index contributed by atoms with van der Waals surface area (Å²) in [6.07, 6.45) is 0. The van der Waals surface area contributed by atoms with Crippen molar-refractivity contribution in [1.82, 2.24) is 0 Å². The van der Waals surface area contributed by atoms with E-state index >= 15 is 0 Å². The topological polar surface area (TPSA) is 112 Å². The molecular weight excluding hydrogens is 296 g/mol. The minimum Gasteiger partial charge on any atom is -0.508 e. The van der Waals surface area contributed by atoms with Crippen LogP contribution in [0.25, 0.3) is 0 Å². The molecule has 0 aromatic heterocycles. The Kier molecular flexibility index (Phi) is 3.86. The number of ketones is 1. The zero-order valence-corrected chi connectivity index (χ0v) is 11.5. The second-order valence-corrected chi connectivity index (χ2v) is 6.37. The number of Topliss-reactive ketones (excluding diaryl/α,β-unsaturated/α-hetero) is 1. The van der Waals surface area contributed by atoms with Gasteiger partial charge in [0.1, 0.15) is 11.5 Å². The second kappa shape index (κ2) is 5.45. The van der Waals surface area contributed by atoms with E-state index in [2.05, 4.69) is 0 Å². The van der Waals surface area contributed by atoms with Crippen LogP contribution in [0.4, 0.5) is 0 Å². The number of hydrogen-bond donors (Lipinski definition) is 3. The molecule has 6 nitrogen and oxygen atoms in total. The average molecular weight is 308 g/mol. The Morgan fingerprint density at radius 1 is 0.905 bits per heavy atom. The molecule has 0 heterocycles. The van der Waals surface area contributed by atoms with Gasteiger partial charge in [-0.05, 0) is 42.5 Å². The number of phenols is 3. The molecule has 0 unspecified atom stereocenters. The fraction of sp³-hybridized carbons (Fsp3) is 0.0714. The van der Waals surface area contributed by atoms with E-state index in [0.29, 0.717) is 0 Å². The predicted octanol–water partition coefficient (Wildman–Crippen LogP) is 1.46. The molecule has 0 radical (unpaired) electrons. The number of carbonyl (C=O) groups is 1. The Morgan fingerprint density at radius 3 is 2.10 bits per heavy atom. The van der Waals surface area contributed by atoms with Crippen LogP contribution in [0.2, 0.25) is 0 Å². The molecule has 0 aliphatic carbocycles. The van der Waals surface area contributed by atoms with E-state index in [1.54, 1.807) is 0 Å². The Morgan fingerprint density at radius 2 is 1.52 bits per heavy atom. The van der Waals surface area contributed by atoms with Gasteiger partial charge in [-0.15, -0.1) is 0 Å². The van der Waals surface area contributed by atoms with Crippen LogP contribution in [-0.4, -0.2) is 35.3 Å². The van der Waals surface area contributed by atoms with E-state index in [-0.39, 0.29) is 16.2 Å². The third-order valence-corrected chi connectivity index (χ3v) is 4.45. The molecule has 2 aromatic carbocycles. The highest BCUT2D eigenvalue weighted by Gasteiger charge is 2.21. The van der Waals surface area contributed by atoms with Gasteiger partial charge in [-0.3, -0.25) is 4.79 Å². The monoisotopic (exact) mass is 308 g/mol. The van der Waals surface area contributed by atoms with Crippen molar-refractivity contribution < 1.29 is 28.5 Å². The lowest BCUT2D eigenvalue weighted by molar-refractivity contribution is 0.102. The highest BCUT2D eigenvalue weighted by Crippen LogP contribution is 2.25. The van der Waals surface area contributed by atoms with Gasteiger partial charge in [0, 0.05) is 5.56 Å². The SMILES string of the molecule is O=C(CS(=O)(=O)c1ccc(O)cc1)c1ccc(O)c(O)c1. The Balaban J connectivity index is 2.25. The van der Waals surface area contributed by atoms with Crippen LogP contribution in [-0.2, 0) is 9.84 Å². The standard InChI is InChI=1S/C14H12O6S/c15-10-2-4-11(5-3-10)21(19,20)8-14(18)9-1-6-12(16)13(17)7-9/h1-7,15-17H,8H2. The number of rotatable bonds is 4. The van der Waals surface area contributed by atoms with Crippen LogP contribution in [0, 0.1) is 0 Å². The summed E-state index contributed by atoms with van der Waals surface area (Å²) in [4.78, 5) is 11.9. The highest BCUT2D eigenvalue weighted by atomic mass is 32.2. The van der Waals surface area contributed by atoms with Crippen molar-refractivity contribution in [3.05, 3.63) is 48.0 Å². The third kappa shape index (κ3) is 3.32. The molecule has 0 saturated carbocycles. The van der Waals surface area contributed by atoms with Gasteiger partial charge in [0.25, 0.3) is 0 Å². The molecule has 0 atom stereocenters. The lowest BCUT2D eigenvalue weighted by atomic mass is 10.1. The van der Waals surface area contributed by atoms with Gasteiger partial charge in [0.2, 0.25) is 0 Å². The maximum atomic E-state index is 12.1. The normalized spacial score (nSPS) is 11.2. The first-order chi connectivity index (χ1) is 9.79. The molecule has 0 saturated heterocycles. The molecule has 0 amide bonds. The minimum absolute atomic E-state index is 0.0207. The Bertz CT molecular complexity index is 778.